The minimum Gasteiger partial charge on any atom is -0.396 e. The minimum absolute atomic E-state index is 0.472. The molecule has 0 saturated heterocycles. The first-order valence-electron chi connectivity index (χ1n) is 5.85. The number of hydrogen-bond acceptors (Lipinski definition) is 1. The lowest BCUT2D eigenvalue weighted by Gasteiger charge is -2.84. The van der Waals surface area contributed by atoms with Crippen LogP contribution in [0.5, 0.6) is 0 Å². The SMILES string of the molecule is C[C@@]12C[C@@H]3CC[C@H]4[C@H](CO)[C@H](C1)[C@@]342. The van der Waals surface area contributed by atoms with Crippen LogP contribution in [-0.2, 0) is 0 Å². The van der Waals surface area contributed by atoms with Gasteiger partial charge in [-0.3, -0.25) is 0 Å². The monoisotopic (exact) mass is 178 g/mol. The van der Waals surface area contributed by atoms with Crippen LogP contribution in [0, 0.1) is 34.5 Å². The second-order valence-electron chi connectivity index (χ2n) is 6.24. The highest BCUT2D eigenvalue weighted by Crippen LogP contribution is 2.90. The molecule has 0 bridgehead atoms. The van der Waals surface area contributed by atoms with Gasteiger partial charge in [0.2, 0.25) is 0 Å². The molecule has 6 atom stereocenters. The van der Waals surface area contributed by atoms with E-state index in [0.717, 1.165) is 28.6 Å². The Labute approximate surface area is 79.5 Å². The molecule has 0 aromatic rings. The Bertz CT molecular complexity index is 287. The fourth-order valence-electron chi connectivity index (χ4n) is 6.26. The van der Waals surface area contributed by atoms with Crippen molar-refractivity contribution in [1.29, 1.82) is 0 Å². The van der Waals surface area contributed by atoms with Gasteiger partial charge in [-0.1, -0.05) is 6.92 Å². The fourth-order valence-corrected chi connectivity index (χ4v) is 6.26. The molecule has 13 heavy (non-hydrogen) atoms. The van der Waals surface area contributed by atoms with Crippen LogP contribution in [-0.4, -0.2) is 11.7 Å². The number of hydrogen-bond donors (Lipinski definition) is 1. The molecule has 1 heteroatoms. The maximum absolute atomic E-state index is 9.34. The van der Waals surface area contributed by atoms with Crippen molar-refractivity contribution in [2.45, 2.75) is 32.6 Å². The summed E-state index contributed by atoms with van der Waals surface area (Å²) in [4.78, 5) is 0. The van der Waals surface area contributed by atoms with Crippen LogP contribution in [0.25, 0.3) is 0 Å². The molecule has 1 N–H and O–H groups in total. The largest absolute Gasteiger partial charge is 0.396 e. The Balaban J connectivity index is 1.77. The summed E-state index contributed by atoms with van der Waals surface area (Å²) in [5.41, 5.74) is 1.51. The third kappa shape index (κ3) is 0.439. The molecule has 4 rings (SSSR count). The summed E-state index contributed by atoms with van der Waals surface area (Å²) in [6.45, 7) is 2.98. The van der Waals surface area contributed by atoms with E-state index in [2.05, 4.69) is 6.92 Å². The van der Waals surface area contributed by atoms with Gasteiger partial charge in [-0.15, -0.1) is 0 Å². The van der Waals surface area contributed by atoms with Crippen LogP contribution in [0.2, 0.25) is 0 Å². The predicted octanol–water partition coefficient (Wildman–Crippen LogP) is 2.05. The Hall–Kier alpha value is -0.0400. The maximum Gasteiger partial charge on any atom is 0.0465 e. The van der Waals surface area contributed by atoms with Gasteiger partial charge in [-0.2, -0.15) is 0 Å². The average Bonchev–Trinajstić information content (AvgIpc) is 2.42. The number of aliphatic hydroxyl groups is 1. The molecule has 4 aliphatic carbocycles. The van der Waals surface area contributed by atoms with Crippen molar-refractivity contribution in [2.24, 2.45) is 34.5 Å². The van der Waals surface area contributed by atoms with Crippen molar-refractivity contribution in [3.8, 4) is 0 Å². The zero-order chi connectivity index (χ0) is 8.84. The first-order valence-corrected chi connectivity index (χ1v) is 5.85. The Morgan fingerprint density at radius 3 is 2.77 bits per heavy atom. The first-order chi connectivity index (χ1) is 6.24. The Kier molecular flexibility index (Phi) is 0.959. The summed E-state index contributed by atoms with van der Waals surface area (Å²) in [5, 5.41) is 9.34. The van der Waals surface area contributed by atoms with E-state index in [1.54, 1.807) is 0 Å². The van der Waals surface area contributed by atoms with Gasteiger partial charge in [0.1, 0.15) is 0 Å². The van der Waals surface area contributed by atoms with E-state index in [1.807, 2.05) is 0 Å². The smallest absolute Gasteiger partial charge is 0.0465 e. The van der Waals surface area contributed by atoms with Crippen LogP contribution < -0.4 is 0 Å². The third-order valence-corrected chi connectivity index (χ3v) is 6.39. The maximum atomic E-state index is 9.34. The number of aliphatic hydroxyl groups excluding tert-OH is 1. The zero-order valence-corrected chi connectivity index (χ0v) is 8.29. The summed E-state index contributed by atoms with van der Waals surface area (Å²) in [6.07, 6.45) is 5.86. The van der Waals surface area contributed by atoms with E-state index in [1.165, 1.54) is 25.7 Å². The van der Waals surface area contributed by atoms with Gasteiger partial charge < -0.3 is 5.11 Å². The Morgan fingerprint density at radius 1 is 1.23 bits per heavy atom. The van der Waals surface area contributed by atoms with Gasteiger partial charge in [-0.05, 0) is 60.2 Å². The van der Waals surface area contributed by atoms with E-state index in [0.29, 0.717) is 12.5 Å². The van der Waals surface area contributed by atoms with E-state index in [-0.39, 0.29) is 0 Å². The molecule has 4 fully saturated rings. The second kappa shape index (κ2) is 1.71. The van der Waals surface area contributed by atoms with E-state index < -0.39 is 0 Å². The quantitative estimate of drug-likeness (QED) is 0.651. The summed E-state index contributed by atoms with van der Waals surface area (Å²) in [6, 6.07) is 0. The first kappa shape index (κ1) is 7.28. The van der Waals surface area contributed by atoms with Crippen molar-refractivity contribution in [3.63, 3.8) is 0 Å². The molecule has 4 aliphatic rings. The molecule has 0 aromatic carbocycles. The van der Waals surface area contributed by atoms with Crippen LogP contribution in [0.4, 0.5) is 0 Å². The van der Waals surface area contributed by atoms with Crippen molar-refractivity contribution in [2.75, 3.05) is 6.61 Å². The molecule has 0 aliphatic heterocycles. The highest BCUT2D eigenvalue weighted by atomic mass is 16.3. The highest BCUT2D eigenvalue weighted by Gasteiger charge is 2.85. The molecule has 0 heterocycles. The summed E-state index contributed by atoms with van der Waals surface area (Å²) >= 11 is 0. The highest BCUT2D eigenvalue weighted by molar-refractivity contribution is 5.33. The number of rotatable bonds is 1. The van der Waals surface area contributed by atoms with Crippen molar-refractivity contribution >= 4 is 0 Å². The van der Waals surface area contributed by atoms with Gasteiger partial charge in [0, 0.05) is 6.61 Å². The third-order valence-electron chi connectivity index (χ3n) is 6.39. The molecule has 4 saturated carbocycles. The summed E-state index contributed by atoms with van der Waals surface area (Å²) in [5.74, 6) is 3.65. The summed E-state index contributed by atoms with van der Waals surface area (Å²) in [7, 11) is 0. The average molecular weight is 178 g/mol. The molecule has 0 unspecified atom stereocenters. The summed E-state index contributed by atoms with van der Waals surface area (Å²) < 4.78 is 0. The normalized spacial score (nSPS) is 71.5. The lowest BCUT2D eigenvalue weighted by atomic mass is 9.20. The van der Waals surface area contributed by atoms with E-state index in [4.69, 9.17) is 0 Å². The van der Waals surface area contributed by atoms with Gasteiger partial charge >= 0.3 is 0 Å². The van der Waals surface area contributed by atoms with Gasteiger partial charge in [-0.25, -0.2) is 0 Å². The molecule has 0 amide bonds. The molecular formula is C12H18O. The lowest BCUT2D eigenvalue weighted by Crippen LogP contribution is -2.79. The van der Waals surface area contributed by atoms with Crippen LogP contribution in [0.3, 0.4) is 0 Å². The molecule has 1 spiro atoms. The van der Waals surface area contributed by atoms with Crippen LogP contribution in [0.1, 0.15) is 32.6 Å². The van der Waals surface area contributed by atoms with Gasteiger partial charge in [0.25, 0.3) is 0 Å². The second-order valence-corrected chi connectivity index (χ2v) is 6.24. The van der Waals surface area contributed by atoms with Crippen molar-refractivity contribution < 1.29 is 5.11 Å². The predicted molar refractivity (Wildman–Crippen MR) is 50.1 cm³/mol. The molecule has 1 nitrogen and oxygen atoms in total. The standard InChI is InChI=1S/C12H18O/c1-11-4-7-2-3-9-8(6-13)10(5-11)12(7,9)11/h7-10,13H,2-6H2,1H3/t7-,8-,9-,10-,11+,12+/m0/s1. The Morgan fingerprint density at radius 2 is 2.08 bits per heavy atom. The van der Waals surface area contributed by atoms with Crippen molar-refractivity contribution in [3.05, 3.63) is 0 Å². The van der Waals surface area contributed by atoms with Crippen LogP contribution >= 0.6 is 0 Å². The molecule has 72 valence electrons. The van der Waals surface area contributed by atoms with E-state index >= 15 is 0 Å². The van der Waals surface area contributed by atoms with Crippen molar-refractivity contribution in [1.82, 2.24) is 0 Å². The van der Waals surface area contributed by atoms with Crippen LogP contribution in [0.15, 0.2) is 0 Å². The topological polar surface area (TPSA) is 20.2 Å². The minimum atomic E-state index is 0.472. The molecule has 0 aromatic heterocycles. The van der Waals surface area contributed by atoms with Gasteiger partial charge in [0.15, 0.2) is 0 Å². The fraction of sp³-hybridized carbons (Fsp3) is 1.00. The molecule has 0 radical (unpaired) electrons. The van der Waals surface area contributed by atoms with E-state index in [9.17, 15) is 5.11 Å². The zero-order valence-electron chi connectivity index (χ0n) is 8.29. The molecular weight excluding hydrogens is 160 g/mol. The van der Waals surface area contributed by atoms with Gasteiger partial charge in [0.05, 0.1) is 0 Å². The lowest BCUT2D eigenvalue weighted by molar-refractivity contribution is -0.371.